The average Bonchev–Trinajstić information content (AvgIpc) is 3.42. The molecular formula is C25H23NO7. The summed E-state index contributed by atoms with van der Waals surface area (Å²) in [5, 5.41) is 0.787. The Kier molecular flexibility index (Phi) is 5.80. The second kappa shape index (κ2) is 8.90. The van der Waals surface area contributed by atoms with E-state index < -0.39 is 36.2 Å². The Morgan fingerprint density at radius 3 is 2.39 bits per heavy atom. The highest BCUT2D eigenvalue weighted by molar-refractivity contribution is 6.20. The molecule has 5 rings (SSSR count). The third-order valence-electron chi connectivity index (χ3n) is 5.87. The molecule has 0 saturated carbocycles. The van der Waals surface area contributed by atoms with Crippen LogP contribution >= 0.6 is 0 Å². The van der Waals surface area contributed by atoms with Gasteiger partial charge in [0.15, 0.2) is 6.10 Å². The van der Waals surface area contributed by atoms with Gasteiger partial charge >= 0.3 is 5.97 Å². The van der Waals surface area contributed by atoms with E-state index in [-0.39, 0.29) is 18.5 Å². The van der Waals surface area contributed by atoms with Gasteiger partial charge in [-0.25, -0.2) is 0 Å². The van der Waals surface area contributed by atoms with Crippen LogP contribution in [0, 0.1) is 0 Å². The maximum atomic E-state index is 12.5. The molecule has 0 radical (unpaired) electrons. The van der Waals surface area contributed by atoms with Crippen molar-refractivity contribution in [2.75, 3.05) is 0 Å². The van der Waals surface area contributed by atoms with E-state index in [1.807, 2.05) is 30.3 Å². The predicted octanol–water partition coefficient (Wildman–Crippen LogP) is 2.83. The number of amides is 2. The van der Waals surface area contributed by atoms with Gasteiger partial charge in [0.25, 0.3) is 11.8 Å². The summed E-state index contributed by atoms with van der Waals surface area (Å²) in [7, 11) is 0. The fourth-order valence-corrected chi connectivity index (χ4v) is 4.27. The van der Waals surface area contributed by atoms with Crippen LogP contribution in [0.5, 0.6) is 0 Å². The molecule has 2 aromatic rings. The van der Waals surface area contributed by atoms with Crippen molar-refractivity contribution in [2.45, 2.75) is 50.5 Å². The van der Waals surface area contributed by atoms with Crippen LogP contribution in [0.1, 0.15) is 39.6 Å². The van der Waals surface area contributed by atoms with Gasteiger partial charge in [-0.3, -0.25) is 19.2 Å². The van der Waals surface area contributed by atoms with Crippen LogP contribution in [-0.4, -0.2) is 53.4 Å². The van der Waals surface area contributed by atoms with Gasteiger partial charge in [-0.1, -0.05) is 54.6 Å². The van der Waals surface area contributed by atoms with E-state index in [4.69, 9.17) is 19.0 Å². The van der Waals surface area contributed by atoms with Crippen molar-refractivity contribution in [1.29, 1.82) is 0 Å². The van der Waals surface area contributed by atoms with E-state index in [0.717, 1.165) is 10.6 Å². The highest BCUT2D eigenvalue weighted by Crippen LogP contribution is 2.35. The van der Waals surface area contributed by atoms with Crippen molar-refractivity contribution in [3.63, 3.8) is 0 Å². The van der Waals surface area contributed by atoms with Crippen LogP contribution in [0.2, 0.25) is 0 Å². The van der Waals surface area contributed by atoms with Crippen molar-refractivity contribution in [1.82, 2.24) is 5.06 Å². The number of ether oxygens (including phenoxy) is 3. The van der Waals surface area contributed by atoms with Gasteiger partial charge in [-0.2, -0.15) is 0 Å². The first-order valence-corrected chi connectivity index (χ1v) is 10.8. The lowest BCUT2D eigenvalue weighted by Crippen LogP contribution is -2.35. The highest BCUT2D eigenvalue weighted by Gasteiger charge is 2.51. The molecule has 8 nitrogen and oxygen atoms in total. The number of hydroxylamine groups is 2. The molecule has 0 N–H and O–H groups in total. The molecule has 2 aromatic carbocycles. The lowest BCUT2D eigenvalue weighted by atomic mass is 10.1. The third kappa shape index (κ3) is 4.20. The number of esters is 1. The summed E-state index contributed by atoms with van der Waals surface area (Å²) >= 11 is 0. The summed E-state index contributed by atoms with van der Waals surface area (Å²) < 4.78 is 17.5. The molecule has 3 aliphatic rings. The summed E-state index contributed by atoms with van der Waals surface area (Å²) in [6, 6.07) is 16.3. The zero-order valence-electron chi connectivity index (χ0n) is 18.0. The molecule has 3 aliphatic heterocycles. The maximum Gasteiger partial charge on any atom is 0.309 e. The average molecular weight is 449 g/mol. The quantitative estimate of drug-likeness (QED) is 0.365. The van der Waals surface area contributed by atoms with E-state index in [1.54, 1.807) is 43.3 Å². The van der Waals surface area contributed by atoms with Gasteiger partial charge in [-0.15, -0.1) is 5.06 Å². The third-order valence-corrected chi connectivity index (χ3v) is 5.87. The van der Waals surface area contributed by atoms with Gasteiger partial charge in [-0.05, 0) is 24.6 Å². The number of hydrogen-bond donors (Lipinski definition) is 0. The van der Waals surface area contributed by atoms with Gasteiger partial charge in [0, 0.05) is 0 Å². The Morgan fingerprint density at radius 1 is 1.03 bits per heavy atom. The monoisotopic (exact) mass is 449 g/mol. The topological polar surface area (TPSA) is 91.4 Å². The molecule has 0 unspecified atom stereocenters. The Balaban J connectivity index is 1.25. The number of hydrogen-bond acceptors (Lipinski definition) is 7. The minimum Gasteiger partial charge on any atom is -0.457 e. The van der Waals surface area contributed by atoms with E-state index in [0.29, 0.717) is 17.7 Å². The van der Waals surface area contributed by atoms with E-state index in [1.165, 1.54) is 0 Å². The van der Waals surface area contributed by atoms with Crippen LogP contribution in [0.3, 0.4) is 0 Å². The zero-order valence-corrected chi connectivity index (χ0v) is 18.0. The van der Waals surface area contributed by atoms with Gasteiger partial charge < -0.3 is 14.2 Å². The van der Waals surface area contributed by atoms with E-state index in [9.17, 15) is 14.4 Å². The molecule has 0 spiro atoms. The zero-order chi connectivity index (χ0) is 22.9. The summed E-state index contributed by atoms with van der Waals surface area (Å²) in [5.74, 6) is -1.28. The Labute approximate surface area is 190 Å². The highest BCUT2D eigenvalue weighted by atomic mass is 16.7. The summed E-state index contributed by atoms with van der Waals surface area (Å²) in [6.45, 7) is 2.07. The first-order valence-electron chi connectivity index (χ1n) is 10.8. The molecule has 33 heavy (non-hydrogen) atoms. The van der Waals surface area contributed by atoms with Crippen molar-refractivity contribution in [3.05, 3.63) is 83.4 Å². The van der Waals surface area contributed by atoms with Crippen LogP contribution in [0.25, 0.3) is 0 Å². The summed E-state index contributed by atoms with van der Waals surface area (Å²) in [6.07, 6.45) is 1.26. The van der Waals surface area contributed by atoms with Crippen LogP contribution < -0.4 is 0 Å². The standard InChI is InChI=1S/C25H23NO7/c1-15(33-26-24(28)17-9-5-6-10-18(17)25(26)29)11-12-19-22(23-20(31-19)13-21(27)32-23)30-14-16-7-3-2-4-8-16/h2-12,15,19-20,22-23H,13-14H2,1H3/b12-11+/t15-,19-,20+,22+,23+/m1/s1. The predicted molar refractivity (Wildman–Crippen MR) is 115 cm³/mol. The molecule has 170 valence electrons. The number of fused-ring (bicyclic) bond motifs is 2. The molecule has 2 fully saturated rings. The van der Waals surface area contributed by atoms with Crippen molar-refractivity contribution in [2.24, 2.45) is 0 Å². The van der Waals surface area contributed by atoms with E-state index in [2.05, 4.69) is 0 Å². The fraction of sp³-hybridized carbons (Fsp3) is 0.320. The number of carbonyl (C=O) groups excluding carboxylic acids is 3. The number of rotatable bonds is 7. The largest absolute Gasteiger partial charge is 0.457 e. The summed E-state index contributed by atoms with van der Waals surface area (Å²) in [4.78, 5) is 42.4. The van der Waals surface area contributed by atoms with Crippen LogP contribution in [0.4, 0.5) is 0 Å². The number of benzene rings is 2. The molecule has 2 amide bonds. The molecule has 3 heterocycles. The Bertz CT molecular complexity index is 1060. The molecule has 8 heteroatoms. The van der Waals surface area contributed by atoms with E-state index >= 15 is 0 Å². The lowest BCUT2D eigenvalue weighted by Gasteiger charge is -2.21. The van der Waals surface area contributed by atoms with Gasteiger partial charge in [0.2, 0.25) is 0 Å². The lowest BCUT2D eigenvalue weighted by molar-refractivity contribution is -0.147. The van der Waals surface area contributed by atoms with Gasteiger partial charge in [0.05, 0.1) is 24.2 Å². The first-order chi connectivity index (χ1) is 16.0. The number of imide groups is 1. The van der Waals surface area contributed by atoms with Crippen LogP contribution in [-0.2, 0) is 30.4 Å². The molecular weight excluding hydrogens is 426 g/mol. The van der Waals surface area contributed by atoms with Crippen LogP contribution in [0.15, 0.2) is 66.7 Å². The van der Waals surface area contributed by atoms with Gasteiger partial charge in [0.1, 0.15) is 24.4 Å². The smallest absolute Gasteiger partial charge is 0.309 e. The maximum absolute atomic E-state index is 12.5. The van der Waals surface area contributed by atoms with Crippen molar-refractivity contribution in [3.8, 4) is 0 Å². The Morgan fingerprint density at radius 2 is 1.70 bits per heavy atom. The molecule has 2 saturated heterocycles. The number of nitrogens with zero attached hydrogens (tertiary/aromatic N) is 1. The second-order valence-electron chi connectivity index (χ2n) is 8.20. The molecule has 0 bridgehead atoms. The van der Waals surface area contributed by atoms with Crippen molar-refractivity contribution < 1.29 is 33.4 Å². The first kappa shape index (κ1) is 21.5. The SMILES string of the molecule is C[C@H](/C=C/[C@H]1O[C@H]2CC(=O)O[C@@H]2[C@H]1OCc1ccccc1)ON1C(=O)c2ccccc2C1=O. The molecule has 5 atom stereocenters. The minimum atomic E-state index is -0.589. The normalized spacial score (nSPS) is 27.2. The Hall–Kier alpha value is -3.33. The molecule has 0 aromatic heterocycles. The summed E-state index contributed by atoms with van der Waals surface area (Å²) in [5.41, 5.74) is 1.64. The second-order valence-corrected chi connectivity index (χ2v) is 8.20. The minimum absolute atomic E-state index is 0.182. The molecule has 0 aliphatic carbocycles. The number of carbonyl (C=O) groups is 3. The van der Waals surface area contributed by atoms with Crippen molar-refractivity contribution >= 4 is 17.8 Å². The fourth-order valence-electron chi connectivity index (χ4n) is 4.27.